The average Bonchev–Trinajstić information content (AvgIpc) is 2.87. The predicted octanol–water partition coefficient (Wildman–Crippen LogP) is 2.92. The zero-order valence-corrected chi connectivity index (χ0v) is 12.5. The van der Waals surface area contributed by atoms with Crippen LogP contribution in [0.25, 0.3) is 0 Å². The third-order valence-corrected chi connectivity index (χ3v) is 3.65. The van der Waals surface area contributed by atoms with Gasteiger partial charge in [0.25, 0.3) is 0 Å². The molecule has 5 nitrogen and oxygen atoms in total. The number of hydrogen-bond donors (Lipinski definition) is 1. The number of benzene rings is 1. The van der Waals surface area contributed by atoms with Gasteiger partial charge < -0.3 is 14.6 Å². The molecule has 0 bridgehead atoms. The molecule has 0 radical (unpaired) electrons. The van der Waals surface area contributed by atoms with Gasteiger partial charge in [-0.15, -0.1) is 0 Å². The van der Waals surface area contributed by atoms with Gasteiger partial charge in [0, 0.05) is 17.1 Å². The number of rotatable bonds is 4. The molecule has 0 amide bonds. The molecule has 0 fully saturated rings. The van der Waals surface area contributed by atoms with Crippen molar-refractivity contribution >= 4 is 21.9 Å². The predicted molar refractivity (Wildman–Crippen MR) is 79.0 cm³/mol. The molecule has 3 rings (SSSR count). The summed E-state index contributed by atoms with van der Waals surface area (Å²) in [5.41, 5.74) is 1.24. The molecule has 1 aromatic heterocycles. The minimum absolute atomic E-state index is 0.0808. The van der Waals surface area contributed by atoms with Crippen molar-refractivity contribution in [3.05, 3.63) is 52.3 Å². The summed E-state index contributed by atoms with van der Waals surface area (Å²) in [5, 5.41) is 8.91. The second-order valence-corrected chi connectivity index (χ2v) is 5.64. The van der Waals surface area contributed by atoms with Crippen molar-refractivity contribution in [2.45, 2.75) is 12.5 Å². The maximum Gasteiger partial charge on any atom is 0.337 e. The van der Waals surface area contributed by atoms with Gasteiger partial charge in [-0.2, -0.15) is 0 Å². The van der Waals surface area contributed by atoms with Gasteiger partial charge in [-0.25, -0.2) is 4.79 Å². The molecular weight excluding hydrogens is 338 g/mol. The highest BCUT2D eigenvalue weighted by Crippen LogP contribution is 2.31. The van der Waals surface area contributed by atoms with E-state index in [0.717, 1.165) is 22.2 Å². The number of aromatic carboxylic acids is 1. The lowest BCUT2D eigenvalue weighted by Gasteiger charge is -2.12. The lowest BCUT2D eigenvalue weighted by atomic mass is 10.1. The Morgan fingerprint density at radius 2 is 2.29 bits per heavy atom. The van der Waals surface area contributed by atoms with Crippen molar-refractivity contribution in [2.24, 2.45) is 0 Å². The Balaban J connectivity index is 1.62. The number of halogens is 1. The fraction of sp³-hybridized carbons (Fsp3) is 0.200. The van der Waals surface area contributed by atoms with Gasteiger partial charge in [0.2, 0.25) is 0 Å². The molecule has 1 aliphatic heterocycles. The topological polar surface area (TPSA) is 68.7 Å². The highest BCUT2D eigenvalue weighted by molar-refractivity contribution is 9.10. The van der Waals surface area contributed by atoms with Crippen molar-refractivity contribution in [3.63, 3.8) is 0 Å². The van der Waals surface area contributed by atoms with Gasteiger partial charge in [0.15, 0.2) is 0 Å². The number of pyridine rings is 1. The number of nitrogens with zero attached hydrogens (tertiary/aromatic N) is 1. The van der Waals surface area contributed by atoms with Crippen molar-refractivity contribution < 1.29 is 19.4 Å². The lowest BCUT2D eigenvalue weighted by molar-refractivity contribution is 0.0695. The van der Waals surface area contributed by atoms with Crippen molar-refractivity contribution in [2.75, 3.05) is 6.61 Å². The van der Waals surface area contributed by atoms with Crippen molar-refractivity contribution in [3.8, 4) is 11.5 Å². The zero-order chi connectivity index (χ0) is 14.8. The maximum atomic E-state index is 10.9. The summed E-state index contributed by atoms with van der Waals surface area (Å²) in [7, 11) is 0. The zero-order valence-electron chi connectivity index (χ0n) is 11.0. The number of hydrogen-bond acceptors (Lipinski definition) is 4. The van der Waals surface area contributed by atoms with Gasteiger partial charge >= 0.3 is 5.97 Å². The number of ether oxygens (including phenoxy) is 2. The molecule has 2 aromatic rings. The molecule has 1 atom stereocenters. The molecule has 1 N–H and O–H groups in total. The second kappa shape index (κ2) is 5.73. The normalized spacial score (nSPS) is 16.1. The van der Waals surface area contributed by atoms with Crippen LogP contribution in [0.15, 0.2) is 41.1 Å². The summed E-state index contributed by atoms with van der Waals surface area (Å²) in [6.07, 6.45) is 3.46. The molecule has 0 spiro atoms. The minimum Gasteiger partial charge on any atom is -0.488 e. The van der Waals surface area contributed by atoms with Gasteiger partial charge in [-0.05, 0) is 29.8 Å². The van der Waals surface area contributed by atoms with Crippen LogP contribution in [0.3, 0.4) is 0 Å². The molecule has 108 valence electrons. The minimum atomic E-state index is -1.03. The summed E-state index contributed by atoms with van der Waals surface area (Å²) >= 11 is 3.43. The standard InChI is InChI=1S/C15H12BrNO4/c16-11-1-2-14-9(3-11)4-13(21-14)8-20-12-5-10(15(18)19)6-17-7-12/h1-3,5-7,13H,4,8H2,(H,18,19). The van der Waals surface area contributed by atoms with E-state index in [2.05, 4.69) is 20.9 Å². The molecule has 2 heterocycles. The van der Waals surface area contributed by atoms with E-state index in [0.29, 0.717) is 12.4 Å². The first-order valence-corrected chi connectivity index (χ1v) is 7.17. The molecule has 21 heavy (non-hydrogen) atoms. The lowest BCUT2D eigenvalue weighted by Crippen LogP contribution is -2.22. The van der Waals surface area contributed by atoms with Gasteiger partial charge in [0.1, 0.15) is 24.2 Å². The van der Waals surface area contributed by atoms with Crippen LogP contribution in [0.2, 0.25) is 0 Å². The number of carbonyl (C=O) groups is 1. The van der Waals surface area contributed by atoms with Crippen LogP contribution in [0, 0.1) is 0 Å². The Morgan fingerprint density at radius 1 is 1.43 bits per heavy atom. The van der Waals surface area contributed by atoms with Crippen LogP contribution in [-0.2, 0) is 6.42 Å². The van der Waals surface area contributed by atoms with E-state index < -0.39 is 5.97 Å². The first-order valence-electron chi connectivity index (χ1n) is 6.38. The first-order chi connectivity index (χ1) is 10.1. The Bertz CT molecular complexity index is 689. The van der Waals surface area contributed by atoms with Crippen LogP contribution in [0.1, 0.15) is 15.9 Å². The molecule has 6 heteroatoms. The highest BCUT2D eigenvalue weighted by atomic mass is 79.9. The van der Waals surface area contributed by atoms with Gasteiger partial charge in [-0.1, -0.05) is 15.9 Å². The molecule has 0 saturated carbocycles. The second-order valence-electron chi connectivity index (χ2n) is 4.72. The molecular formula is C15H12BrNO4. The van der Waals surface area contributed by atoms with Gasteiger partial charge in [0.05, 0.1) is 11.8 Å². The number of fused-ring (bicyclic) bond motifs is 1. The molecule has 1 unspecified atom stereocenters. The fourth-order valence-corrected chi connectivity index (χ4v) is 2.59. The maximum absolute atomic E-state index is 10.9. The first kappa shape index (κ1) is 13.9. The van der Waals surface area contributed by atoms with E-state index in [4.69, 9.17) is 14.6 Å². The van der Waals surface area contributed by atoms with E-state index in [1.165, 1.54) is 18.5 Å². The summed E-state index contributed by atoms with van der Waals surface area (Å²) in [6.45, 7) is 0.344. The molecule has 0 aliphatic carbocycles. The quantitative estimate of drug-likeness (QED) is 0.918. The smallest absolute Gasteiger partial charge is 0.337 e. The molecule has 1 aliphatic rings. The van der Waals surface area contributed by atoms with Crippen molar-refractivity contribution in [1.82, 2.24) is 4.98 Å². The van der Waals surface area contributed by atoms with Crippen LogP contribution >= 0.6 is 15.9 Å². The van der Waals surface area contributed by atoms with Crippen molar-refractivity contribution in [1.29, 1.82) is 0 Å². The van der Waals surface area contributed by atoms with Crippen LogP contribution in [0.4, 0.5) is 0 Å². The number of aromatic nitrogens is 1. The number of carboxylic acid groups (broad SMARTS) is 1. The third kappa shape index (κ3) is 3.16. The largest absolute Gasteiger partial charge is 0.488 e. The van der Waals surface area contributed by atoms with E-state index in [1.807, 2.05) is 18.2 Å². The van der Waals surface area contributed by atoms with Crippen LogP contribution < -0.4 is 9.47 Å². The molecule has 1 aromatic carbocycles. The summed E-state index contributed by atoms with van der Waals surface area (Å²) in [6, 6.07) is 7.34. The Morgan fingerprint density at radius 3 is 3.10 bits per heavy atom. The average molecular weight is 350 g/mol. The monoisotopic (exact) mass is 349 g/mol. The summed E-state index contributed by atoms with van der Waals surface area (Å²) in [4.78, 5) is 14.7. The Hall–Kier alpha value is -2.08. The fourth-order valence-electron chi connectivity index (χ4n) is 2.19. The summed E-state index contributed by atoms with van der Waals surface area (Å²) in [5.74, 6) is 0.266. The van der Waals surface area contributed by atoms with Crippen LogP contribution in [-0.4, -0.2) is 28.8 Å². The third-order valence-electron chi connectivity index (χ3n) is 3.16. The molecule has 0 saturated heterocycles. The van der Waals surface area contributed by atoms with E-state index in [9.17, 15) is 4.79 Å². The van der Waals surface area contributed by atoms with E-state index >= 15 is 0 Å². The SMILES string of the molecule is O=C(O)c1cncc(OCC2Cc3cc(Br)ccc3O2)c1. The van der Waals surface area contributed by atoms with Gasteiger partial charge in [-0.3, -0.25) is 4.98 Å². The number of carboxylic acids is 1. The summed E-state index contributed by atoms with van der Waals surface area (Å²) < 4.78 is 12.4. The highest BCUT2D eigenvalue weighted by Gasteiger charge is 2.23. The van der Waals surface area contributed by atoms with Crippen LogP contribution in [0.5, 0.6) is 11.5 Å². The Labute approximate surface area is 129 Å². The Kier molecular flexibility index (Phi) is 3.79. The van der Waals surface area contributed by atoms with E-state index in [1.54, 1.807) is 0 Å². The van der Waals surface area contributed by atoms with E-state index in [-0.39, 0.29) is 11.7 Å².